The van der Waals surface area contributed by atoms with Crippen molar-refractivity contribution in [2.24, 2.45) is 0 Å². The summed E-state index contributed by atoms with van der Waals surface area (Å²) in [4.78, 5) is 2.40. The predicted octanol–water partition coefficient (Wildman–Crippen LogP) is 4.07. The van der Waals surface area contributed by atoms with Crippen LogP contribution in [0.2, 0.25) is 0 Å². The van der Waals surface area contributed by atoms with Gasteiger partial charge in [-0.1, -0.05) is 39.0 Å². The monoisotopic (exact) mass is 276 g/mol. The molecule has 0 aliphatic carbocycles. The van der Waals surface area contributed by atoms with Gasteiger partial charge in [0, 0.05) is 5.54 Å². The number of nitrogens with one attached hydrogen (secondary N) is 1. The van der Waals surface area contributed by atoms with E-state index in [1.165, 1.54) is 16.7 Å². The second-order valence-electron chi connectivity index (χ2n) is 5.98. The van der Waals surface area contributed by atoms with Crippen molar-refractivity contribution in [2.45, 2.75) is 59.0 Å². The van der Waals surface area contributed by atoms with Gasteiger partial charge in [-0.25, -0.2) is 0 Å². The van der Waals surface area contributed by atoms with Crippen LogP contribution < -0.4 is 5.32 Å². The van der Waals surface area contributed by atoms with Crippen molar-refractivity contribution >= 4 is 0 Å². The molecule has 0 heterocycles. The van der Waals surface area contributed by atoms with Gasteiger partial charge in [0.25, 0.3) is 0 Å². The summed E-state index contributed by atoms with van der Waals surface area (Å²) in [6.45, 7) is 12.3. The van der Waals surface area contributed by atoms with Crippen LogP contribution in [0, 0.1) is 13.8 Å². The number of rotatable bonds is 7. The molecule has 0 radical (unpaired) electrons. The molecule has 0 aliphatic rings. The third-order valence-electron chi connectivity index (χ3n) is 5.02. The van der Waals surface area contributed by atoms with Crippen molar-refractivity contribution in [3.05, 3.63) is 34.9 Å². The minimum absolute atomic E-state index is 0.161. The number of likely N-dealkylation sites (N-methyl/N-ethyl adjacent to an activating group) is 2. The summed E-state index contributed by atoms with van der Waals surface area (Å²) < 4.78 is 0. The van der Waals surface area contributed by atoms with Gasteiger partial charge in [0.05, 0.1) is 6.04 Å². The molecule has 1 aromatic carbocycles. The molecule has 0 spiro atoms. The number of nitrogens with zero attached hydrogens (tertiary/aromatic N) is 1. The normalized spacial score (nSPS) is 13.8. The van der Waals surface area contributed by atoms with Crippen LogP contribution in [0.1, 0.15) is 56.3 Å². The van der Waals surface area contributed by atoms with Gasteiger partial charge in [0.1, 0.15) is 0 Å². The SMILES string of the molecule is CCNC(c1cccc(C)c1C)C(CC)(CC)N(C)C. The highest BCUT2D eigenvalue weighted by Gasteiger charge is 2.38. The first kappa shape index (κ1) is 17.2. The van der Waals surface area contributed by atoms with E-state index in [2.05, 4.69) is 77.1 Å². The molecule has 1 aromatic rings. The molecule has 114 valence electrons. The van der Waals surface area contributed by atoms with E-state index in [0.717, 1.165) is 19.4 Å². The maximum absolute atomic E-state index is 3.75. The van der Waals surface area contributed by atoms with Crippen molar-refractivity contribution in [1.29, 1.82) is 0 Å². The minimum atomic E-state index is 0.161. The van der Waals surface area contributed by atoms with E-state index in [1.807, 2.05) is 0 Å². The van der Waals surface area contributed by atoms with E-state index in [4.69, 9.17) is 0 Å². The van der Waals surface area contributed by atoms with Gasteiger partial charge in [-0.3, -0.25) is 0 Å². The number of benzene rings is 1. The Balaban J connectivity index is 3.38. The van der Waals surface area contributed by atoms with Gasteiger partial charge in [0.2, 0.25) is 0 Å². The molecule has 2 nitrogen and oxygen atoms in total. The predicted molar refractivity (Wildman–Crippen MR) is 89.3 cm³/mol. The highest BCUT2D eigenvalue weighted by atomic mass is 15.2. The zero-order chi connectivity index (χ0) is 15.3. The molecule has 0 saturated carbocycles. The molecule has 0 aromatic heterocycles. The Kier molecular flexibility index (Phi) is 6.22. The summed E-state index contributed by atoms with van der Waals surface area (Å²) in [5.74, 6) is 0. The Hall–Kier alpha value is -0.860. The van der Waals surface area contributed by atoms with E-state index in [0.29, 0.717) is 6.04 Å². The van der Waals surface area contributed by atoms with Gasteiger partial charge in [-0.05, 0) is 64.0 Å². The highest BCUT2D eigenvalue weighted by Crippen LogP contribution is 2.37. The fourth-order valence-corrected chi connectivity index (χ4v) is 3.43. The van der Waals surface area contributed by atoms with E-state index in [1.54, 1.807) is 0 Å². The number of hydrogen-bond acceptors (Lipinski definition) is 2. The van der Waals surface area contributed by atoms with Gasteiger partial charge in [-0.2, -0.15) is 0 Å². The topological polar surface area (TPSA) is 15.3 Å². The summed E-state index contributed by atoms with van der Waals surface area (Å²) in [5.41, 5.74) is 4.41. The van der Waals surface area contributed by atoms with Crippen molar-refractivity contribution < 1.29 is 0 Å². The molecule has 20 heavy (non-hydrogen) atoms. The molecular weight excluding hydrogens is 244 g/mol. The zero-order valence-corrected chi connectivity index (χ0v) is 14.4. The van der Waals surface area contributed by atoms with E-state index in [-0.39, 0.29) is 5.54 Å². The molecule has 1 unspecified atom stereocenters. The lowest BCUT2D eigenvalue weighted by Gasteiger charge is -2.46. The average molecular weight is 276 g/mol. The summed E-state index contributed by atoms with van der Waals surface area (Å²) in [6.07, 6.45) is 2.28. The maximum atomic E-state index is 3.75. The maximum Gasteiger partial charge on any atom is 0.0509 e. The molecule has 0 bridgehead atoms. The van der Waals surface area contributed by atoms with Gasteiger partial charge in [0.15, 0.2) is 0 Å². The van der Waals surface area contributed by atoms with E-state index in [9.17, 15) is 0 Å². The van der Waals surface area contributed by atoms with Gasteiger partial charge >= 0.3 is 0 Å². The van der Waals surface area contributed by atoms with Crippen LogP contribution in [-0.2, 0) is 0 Å². The lowest BCUT2D eigenvalue weighted by Crippen LogP contribution is -2.53. The quantitative estimate of drug-likeness (QED) is 0.807. The molecule has 1 rings (SSSR count). The lowest BCUT2D eigenvalue weighted by molar-refractivity contribution is 0.0886. The van der Waals surface area contributed by atoms with Crippen molar-refractivity contribution in [3.8, 4) is 0 Å². The van der Waals surface area contributed by atoms with Crippen molar-refractivity contribution in [1.82, 2.24) is 10.2 Å². The lowest BCUT2D eigenvalue weighted by atomic mass is 9.78. The molecule has 0 saturated heterocycles. The Morgan fingerprint density at radius 2 is 1.70 bits per heavy atom. The Morgan fingerprint density at radius 1 is 1.10 bits per heavy atom. The van der Waals surface area contributed by atoms with Crippen LogP contribution in [0.3, 0.4) is 0 Å². The summed E-state index contributed by atoms with van der Waals surface area (Å²) in [6, 6.07) is 7.06. The van der Waals surface area contributed by atoms with Crippen LogP contribution in [-0.4, -0.2) is 31.1 Å². The van der Waals surface area contributed by atoms with Crippen LogP contribution >= 0.6 is 0 Å². The second kappa shape index (κ2) is 7.24. The van der Waals surface area contributed by atoms with Crippen LogP contribution in [0.4, 0.5) is 0 Å². The molecule has 2 heteroatoms. The summed E-state index contributed by atoms with van der Waals surface area (Å²) >= 11 is 0. The molecule has 1 N–H and O–H groups in total. The zero-order valence-electron chi connectivity index (χ0n) is 14.4. The van der Waals surface area contributed by atoms with Crippen LogP contribution in [0.5, 0.6) is 0 Å². The number of aryl methyl sites for hydroxylation is 1. The summed E-state index contributed by atoms with van der Waals surface area (Å²) in [5, 5.41) is 3.75. The third-order valence-corrected chi connectivity index (χ3v) is 5.02. The van der Waals surface area contributed by atoms with Crippen LogP contribution in [0.25, 0.3) is 0 Å². The van der Waals surface area contributed by atoms with Crippen molar-refractivity contribution in [3.63, 3.8) is 0 Å². The molecular formula is C18H32N2. The fraction of sp³-hybridized carbons (Fsp3) is 0.667. The van der Waals surface area contributed by atoms with Gasteiger partial charge < -0.3 is 10.2 Å². The first-order chi connectivity index (χ1) is 9.44. The Morgan fingerprint density at radius 3 is 2.15 bits per heavy atom. The molecule has 0 aliphatic heterocycles. The Bertz CT molecular complexity index is 419. The molecule has 1 atom stereocenters. The minimum Gasteiger partial charge on any atom is -0.309 e. The number of hydrogen-bond donors (Lipinski definition) is 1. The van der Waals surface area contributed by atoms with E-state index < -0.39 is 0 Å². The fourth-order valence-electron chi connectivity index (χ4n) is 3.43. The average Bonchev–Trinajstić information content (AvgIpc) is 2.42. The highest BCUT2D eigenvalue weighted by molar-refractivity contribution is 5.37. The van der Waals surface area contributed by atoms with E-state index >= 15 is 0 Å². The first-order valence-corrected chi connectivity index (χ1v) is 7.91. The second-order valence-corrected chi connectivity index (χ2v) is 5.98. The van der Waals surface area contributed by atoms with Crippen LogP contribution in [0.15, 0.2) is 18.2 Å². The smallest absolute Gasteiger partial charge is 0.0509 e. The summed E-state index contributed by atoms with van der Waals surface area (Å²) in [7, 11) is 4.42. The molecule has 0 fully saturated rings. The van der Waals surface area contributed by atoms with Crippen molar-refractivity contribution in [2.75, 3.05) is 20.6 Å². The largest absolute Gasteiger partial charge is 0.309 e. The molecule has 0 amide bonds. The third kappa shape index (κ3) is 3.07. The first-order valence-electron chi connectivity index (χ1n) is 7.91. The van der Waals surface area contributed by atoms with Gasteiger partial charge in [-0.15, -0.1) is 0 Å². The Labute approximate surface area is 125 Å². The standard InChI is InChI=1S/C18H32N2/c1-8-18(9-2,20(6)7)17(19-10-3)16-13-11-12-14(4)15(16)5/h11-13,17,19H,8-10H2,1-7H3.